The van der Waals surface area contributed by atoms with Crippen molar-refractivity contribution in [2.45, 2.75) is 31.7 Å². The maximum absolute atomic E-state index is 12.7. The van der Waals surface area contributed by atoms with Crippen LogP contribution in [0, 0.1) is 0 Å². The van der Waals surface area contributed by atoms with Crippen molar-refractivity contribution < 1.29 is 4.79 Å². The quantitative estimate of drug-likeness (QED) is 0.941. The zero-order chi connectivity index (χ0) is 14.7. The van der Waals surface area contributed by atoms with Crippen molar-refractivity contribution in [3.05, 3.63) is 48.0 Å². The van der Waals surface area contributed by atoms with E-state index in [1.54, 1.807) is 0 Å². The number of carbonyl (C=O) groups excluding carboxylic acids is 1. The predicted octanol–water partition coefficient (Wildman–Crippen LogP) is 2.72. The predicted molar refractivity (Wildman–Crippen MR) is 86.1 cm³/mol. The fraction of sp³-hybridized carbons (Fsp3) is 0.389. The molecule has 3 rings (SSSR count). The summed E-state index contributed by atoms with van der Waals surface area (Å²) in [4.78, 5) is 14.6. The van der Waals surface area contributed by atoms with E-state index in [1.165, 1.54) is 17.2 Å². The number of nitrogens with two attached hydrogens (primary N) is 1. The zero-order valence-electron chi connectivity index (χ0n) is 12.3. The van der Waals surface area contributed by atoms with E-state index in [0.717, 1.165) is 24.9 Å². The van der Waals surface area contributed by atoms with Crippen LogP contribution in [-0.2, 0) is 11.2 Å². The number of likely N-dealkylation sites (tertiary alicyclic amines) is 1. The van der Waals surface area contributed by atoms with Gasteiger partial charge in [-0.15, -0.1) is 0 Å². The molecule has 0 aliphatic carbocycles. The first-order valence-electron chi connectivity index (χ1n) is 7.76. The molecule has 1 atom stereocenters. The second-order valence-corrected chi connectivity index (χ2v) is 5.79. The molecule has 2 N–H and O–H groups in total. The van der Waals surface area contributed by atoms with Gasteiger partial charge < -0.3 is 10.6 Å². The van der Waals surface area contributed by atoms with Crippen molar-refractivity contribution in [3.63, 3.8) is 0 Å². The van der Waals surface area contributed by atoms with E-state index in [9.17, 15) is 4.79 Å². The monoisotopic (exact) mass is 282 g/mol. The average molecular weight is 282 g/mol. The lowest BCUT2D eigenvalue weighted by Crippen LogP contribution is -2.48. The van der Waals surface area contributed by atoms with E-state index in [1.807, 2.05) is 23.1 Å². The molecule has 1 aliphatic heterocycles. The standard InChI is InChI=1S/C18H22N2O/c19-13-16-9-3-4-11-20(16)18(21)12-15-8-5-7-14-6-1-2-10-17(14)15/h1-2,5-8,10,16H,3-4,9,11-13,19H2. The number of piperidine rings is 1. The maximum Gasteiger partial charge on any atom is 0.227 e. The number of hydrogen-bond acceptors (Lipinski definition) is 2. The molecule has 1 unspecified atom stereocenters. The fourth-order valence-corrected chi connectivity index (χ4v) is 3.29. The van der Waals surface area contributed by atoms with Crippen LogP contribution in [0.2, 0.25) is 0 Å². The molecule has 1 heterocycles. The molecule has 1 aliphatic rings. The average Bonchev–Trinajstić information content (AvgIpc) is 2.55. The molecule has 1 saturated heterocycles. The van der Waals surface area contributed by atoms with Crippen molar-refractivity contribution in [1.82, 2.24) is 4.90 Å². The third-order valence-corrected chi connectivity index (χ3v) is 4.44. The van der Waals surface area contributed by atoms with Gasteiger partial charge in [-0.05, 0) is 35.6 Å². The molecular formula is C18H22N2O. The van der Waals surface area contributed by atoms with Gasteiger partial charge in [-0.2, -0.15) is 0 Å². The van der Waals surface area contributed by atoms with Gasteiger partial charge >= 0.3 is 0 Å². The summed E-state index contributed by atoms with van der Waals surface area (Å²) >= 11 is 0. The van der Waals surface area contributed by atoms with Crippen LogP contribution in [0.5, 0.6) is 0 Å². The number of benzene rings is 2. The Hall–Kier alpha value is -1.87. The maximum atomic E-state index is 12.7. The van der Waals surface area contributed by atoms with E-state index < -0.39 is 0 Å². The molecule has 0 bridgehead atoms. The number of fused-ring (bicyclic) bond motifs is 1. The lowest BCUT2D eigenvalue weighted by Gasteiger charge is -2.35. The summed E-state index contributed by atoms with van der Waals surface area (Å²) < 4.78 is 0. The highest BCUT2D eigenvalue weighted by Gasteiger charge is 2.25. The summed E-state index contributed by atoms with van der Waals surface area (Å²) in [5.41, 5.74) is 6.93. The molecule has 0 saturated carbocycles. The third-order valence-electron chi connectivity index (χ3n) is 4.44. The molecule has 2 aromatic carbocycles. The number of hydrogen-bond donors (Lipinski definition) is 1. The molecule has 3 nitrogen and oxygen atoms in total. The van der Waals surface area contributed by atoms with Crippen LogP contribution < -0.4 is 5.73 Å². The van der Waals surface area contributed by atoms with Crippen molar-refractivity contribution in [2.24, 2.45) is 5.73 Å². The van der Waals surface area contributed by atoms with Gasteiger partial charge in [0.25, 0.3) is 0 Å². The second-order valence-electron chi connectivity index (χ2n) is 5.79. The molecule has 2 aromatic rings. The molecule has 0 spiro atoms. The summed E-state index contributed by atoms with van der Waals surface area (Å²) in [7, 11) is 0. The van der Waals surface area contributed by atoms with Crippen LogP contribution in [0.1, 0.15) is 24.8 Å². The minimum atomic E-state index is 0.210. The smallest absolute Gasteiger partial charge is 0.227 e. The van der Waals surface area contributed by atoms with Crippen LogP contribution in [0.3, 0.4) is 0 Å². The van der Waals surface area contributed by atoms with E-state index >= 15 is 0 Å². The number of carbonyl (C=O) groups is 1. The van der Waals surface area contributed by atoms with Crippen molar-refractivity contribution in [2.75, 3.05) is 13.1 Å². The number of amides is 1. The molecule has 0 radical (unpaired) electrons. The highest BCUT2D eigenvalue weighted by Crippen LogP contribution is 2.22. The van der Waals surface area contributed by atoms with Gasteiger partial charge in [-0.3, -0.25) is 4.79 Å². The first-order valence-corrected chi connectivity index (χ1v) is 7.76. The molecule has 21 heavy (non-hydrogen) atoms. The largest absolute Gasteiger partial charge is 0.338 e. The van der Waals surface area contributed by atoms with Gasteiger partial charge in [0.1, 0.15) is 0 Å². The Morgan fingerprint density at radius 2 is 1.95 bits per heavy atom. The SMILES string of the molecule is NCC1CCCCN1C(=O)Cc1cccc2ccccc12. The number of rotatable bonds is 3. The highest BCUT2D eigenvalue weighted by molar-refractivity contribution is 5.90. The Bertz CT molecular complexity index is 633. The van der Waals surface area contributed by atoms with Crippen molar-refractivity contribution in [3.8, 4) is 0 Å². The molecule has 3 heteroatoms. The number of nitrogens with zero attached hydrogens (tertiary/aromatic N) is 1. The molecule has 110 valence electrons. The van der Waals surface area contributed by atoms with E-state index in [-0.39, 0.29) is 11.9 Å². The summed E-state index contributed by atoms with van der Waals surface area (Å²) in [5.74, 6) is 0.210. The Morgan fingerprint density at radius 1 is 1.14 bits per heavy atom. The van der Waals surface area contributed by atoms with Gasteiger partial charge in [0.15, 0.2) is 0 Å². The van der Waals surface area contributed by atoms with Crippen molar-refractivity contribution in [1.29, 1.82) is 0 Å². The third kappa shape index (κ3) is 2.93. The molecular weight excluding hydrogens is 260 g/mol. The Kier molecular flexibility index (Phi) is 4.20. The molecule has 1 amide bonds. The van der Waals surface area contributed by atoms with Crippen molar-refractivity contribution >= 4 is 16.7 Å². The van der Waals surface area contributed by atoms with Gasteiger partial charge in [0, 0.05) is 19.1 Å². The fourth-order valence-electron chi connectivity index (χ4n) is 3.29. The van der Waals surface area contributed by atoms with Crippen LogP contribution in [0.4, 0.5) is 0 Å². The Labute approximate surface area is 125 Å². The van der Waals surface area contributed by atoms with E-state index in [0.29, 0.717) is 13.0 Å². The minimum Gasteiger partial charge on any atom is -0.338 e. The Morgan fingerprint density at radius 3 is 2.81 bits per heavy atom. The molecule has 1 fully saturated rings. The van der Waals surface area contributed by atoms with Crippen LogP contribution in [0.15, 0.2) is 42.5 Å². The van der Waals surface area contributed by atoms with Gasteiger partial charge in [0.05, 0.1) is 6.42 Å². The lowest BCUT2D eigenvalue weighted by molar-refractivity contribution is -0.133. The first kappa shape index (κ1) is 14.1. The summed E-state index contributed by atoms with van der Waals surface area (Å²) in [6.45, 7) is 1.42. The van der Waals surface area contributed by atoms with E-state index in [4.69, 9.17) is 5.73 Å². The van der Waals surface area contributed by atoms with Crippen LogP contribution in [-0.4, -0.2) is 29.9 Å². The minimum absolute atomic E-state index is 0.210. The van der Waals surface area contributed by atoms with Crippen LogP contribution >= 0.6 is 0 Å². The lowest BCUT2D eigenvalue weighted by atomic mass is 9.98. The normalized spacial score (nSPS) is 18.9. The van der Waals surface area contributed by atoms with Crippen LogP contribution in [0.25, 0.3) is 10.8 Å². The molecule has 0 aromatic heterocycles. The first-order chi connectivity index (χ1) is 10.3. The summed E-state index contributed by atoms with van der Waals surface area (Å²) in [6.07, 6.45) is 3.79. The van der Waals surface area contributed by atoms with Gasteiger partial charge in [-0.25, -0.2) is 0 Å². The van der Waals surface area contributed by atoms with E-state index in [2.05, 4.69) is 24.3 Å². The highest BCUT2D eigenvalue weighted by atomic mass is 16.2. The van der Waals surface area contributed by atoms with Gasteiger partial charge in [0.2, 0.25) is 5.91 Å². The topological polar surface area (TPSA) is 46.3 Å². The second kappa shape index (κ2) is 6.27. The zero-order valence-corrected chi connectivity index (χ0v) is 12.3. The van der Waals surface area contributed by atoms with Gasteiger partial charge in [-0.1, -0.05) is 42.5 Å². The Balaban J connectivity index is 1.83. The summed E-state index contributed by atoms with van der Waals surface area (Å²) in [6, 6.07) is 14.6. The summed E-state index contributed by atoms with van der Waals surface area (Å²) in [5, 5.41) is 2.37.